The molecule has 0 fully saturated rings. The fraction of sp³-hybridized carbons (Fsp3) is 0.167. The van der Waals surface area contributed by atoms with E-state index in [9.17, 15) is 0 Å². The number of hydrogen-bond acceptors (Lipinski definition) is 2. The van der Waals surface area contributed by atoms with Crippen LogP contribution in [0.5, 0.6) is 0 Å². The van der Waals surface area contributed by atoms with Crippen LogP contribution in [0.25, 0.3) is 0 Å². The Labute approximate surface area is 47.6 Å². The minimum absolute atomic E-state index is 0.969. The van der Waals surface area contributed by atoms with Crippen LogP contribution in [0.3, 0.4) is 0 Å². The summed E-state index contributed by atoms with van der Waals surface area (Å²) in [5, 5.41) is 3.05. The van der Waals surface area contributed by atoms with Crippen LogP contribution in [0.1, 0.15) is 5.56 Å². The third-order valence-corrected chi connectivity index (χ3v) is 1.29. The minimum atomic E-state index is 0.969. The highest BCUT2D eigenvalue weighted by Gasteiger charge is 2.09. The molecule has 8 heavy (non-hydrogen) atoms. The van der Waals surface area contributed by atoms with Gasteiger partial charge in [0.2, 0.25) is 0 Å². The third kappa shape index (κ3) is 0.346. The Morgan fingerprint density at radius 3 is 3.12 bits per heavy atom. The Hall–Kier alpha value is -1.05. The van der Waals surface area contributed by atoms with Gasteiger partial charge in [-0.15, -0.1) is 0 Å². The molecule has 0 atom stereocenters. The molecule has 0 unspecified atom stereocenters. The van der Waals surface area contributed by atoms with Crippen LogP contribution in [-0.4, -0.2) is 4.98 Å². The number of nitrogens with one attached hydrogen (secondary N) is 1. The van der Waals surface area contributed by atoms with Gasteiger partial charge in [-0.05, 0) is 6.07 Å². The van der Waals surface area contributed by atoms with E-state index in [2.05, 4.69) is 16.5 Å². The van der Waals surface area contributed by atoms with Crippen molar-refractivity contribution >= 4 is 5.82 Å². The summed E-state index contributed by atoms with van der Waals surface area (Å²) in [5.74, 6) is 0.993. The Kier molecular flexibility index (Phi) is 0.592. The molecule has 2 heteroatoms. The molecule has 39 valence electrons. The van der Waals surface area contributed by atoms with Crippen molar-refractivity contribution in [3.8, 4) is 0 Å². The maximum absolute atomic E-state index is 3.93. The van der Waals surface area contributed by atoms with Crippen molar-refractivity contribution in [2.75, 3.05) is 5.32 Å². The van der Waals surface area contributed by atoms with Gasteiger partial charge in [0.05, 0.1) is 6.20 Å². The first kappa shape index (κ1) is 3.89. The zero-order valence-electron chi connectivity index (χ0n) is 4.31. The molecule has 0 aromatic carbocycles. The molecule has 0 bridgehead atoms. The molecule has 1 aromatic rings. The van der Waals surface area contributed by atoms with E-state index in [0.717, 1.165) is 12.4 Å². The number of nitrogens with zero attached hydrogens (tertiary/aromatic N) is 1. The number of pyridine rings is 1. The first-order valence-corrected chi connectivity index (χ1v) is 2.57. The zero-order valence-corrected chi connectivity index (χ0v) is 4.31. The lowest BCUT2D eigenvalue weighted by Gasteiger charge is -2.17. The fourth-order valence-electron chi connectivity index (χ4n) is 0.758. The number of anilines is 1. The molecule has 2 nitrogen and oxygen atoms in total. The standard InChI is InChI=1S/C6H5N2/c1-2-5-4-8-6(5)7-3-1/h1-2H,4H2,(H,7,8). The van der Waals surface area contributed by atoms with Crippen LogP contribution >= 0.6 is 0 Å². The molecular formula is C6H5N2. The van der Waals surface area contributed by atoms with E-state index in [0.29, 0.717) is 0 Å². The topological polar surface area (TPSA) is 24.9 Å². The molecule has 0 spiro atoms. The van der Waals surface area contributed by atoms with E-state index in [1.807, 2.05) is 12.1 Å². The second-order valence-corrected chi connectivity index (χ2v) is 1.80. The SMILES string of the molecule is [c]1ccc2c(n1)NC2. The zero-order chi connectivity index (χ0) is 5.40. The van der Waals surface area contributed by atoms with Crippen molar-refractivity contribution in [3.63, 3.8) is 0 Å². The molecule has 1 aliphatic heterocycles. The molecule has 2 rings (SSSR count). The molecule has 1 radical (unpaired) electrons. The van der Waals surface area contributed by atoms with E-state index in [4.69, 9.17) is 0 Å². The lowest BCUT2D eigenvalue weighted by molar-refractivity contribution is 0.993. The molecule has 0 saturated carbocycles. The normalized spacial score (nSPS) is 13.5. The van der Waals surface area contributed by atoms with Crippen LogP contribution in [0, 0.1) is 6.20 Å². The van der Waals surface area contributed by atoms with Crippen LogP contribution in [0.2, 0.25) is 0 Å². The van der Waals surface area contributed by atoms with Crippen molar-refractivity contribution < 1.29 is 0 Å². The minimum Gasteiger partial charge on any atom is -0.366 e. The highest BCUT2D eigenvalue weighted by atomic mass is 15.0. The van der Waals surface area contributed by atoms with Crippen molar-refractivity contribution in [1.82, 2.24) is 4.98 Å². The fourth-order valence-corrected chi connectivity index (χ4v) is 0.758. The van der Waals surface area contributed by atoms with Gasteiger partial charge in [-0.1, -0.05) is 6.07 Å². The second kappa shape index (κ2) is 1.22. The number of hydrogen-bond donors (Lipinski definition) is 1. The highest BCUT2D eigenvalue weighted by molar-refractivity contribution is 5.52. The maximum atomic E-state index is 3.93. The summed E-state index contributed by atoms with van der Waals surface area (Å²) in [4.78, 5) is 3.93. The summed E-state index contributed by atoms with van der Waals surface area (Å²) in [6, 6.07) is 3.86. The molecular weight excluding hydrogens is 100 g/mol. The van der Waals surface area contributed by atoms with Gasteiger partial charge in [0.1, 0.15) is 5.82 Å². The quantitative estimate of drug-likeness (QED) is 0.528. The Bertz CT molecular complexity index is 184. The van der Waals surface area contributed by atoms with Gasteiger partial charge in [0.25, 0.3) is 0 Å². The molecule has 0 saturated heterocycles. The monoisotopic (exact) mass is 105 g/mol. The van der Waals surface area contributed by atoms with Gasteiger partial charge in [-0.2, -0.15) is 0 Å². The van der Waals surface area contributed by atoms with Crippen LogP contribution in [0.4, 0.5) is 5.82 Å². The summed E-state index contributed by atoms with van der Waals surface area (Å²) in [5.41, 5.74) is 1.30. The van der Waals surface area contributed by atoms with Gasteiger partial charge in [-0.25, -0.2) is 4.98 Å². The second-order valence-electron chi connectivity index (χ2n) is 1.80. The van der Waals surface area contributed by atoms with Gasteiger partial charge >= 0.3 is 0 Å². The van der Waals surface area contributed by atoms with E-state index in [-0.39, 0.29) is 0 Å². The third-order valence-electron chi connectivity index (χ3n) is 1.29. The van der Waals surface area contributed by atoms with Crippen molar-refractivity contribution in [2.24, 2.45) is 0 Å². The summed E-state index contributed by atoms with van der Waals surface area (Å²) in [6.07, 6.45) is 2.74. The van der Waals surface area contributed by atoms with E-state index in [1.54, 1.807) is 0 Å². The van der Waals surface area contributed by atoms with Crippen molar-refractivity contribution in [1.29, 1.82) is 0 Å². The van der Waals surface area contributed by atoms with E-state index < -0.39 is 0 Å². The Morgan fingerprint density at radius 1 is 1.75 bits per heavy atom. The molecule has 2 heterocycles. The first-order chi connectivity index (χ1) is 3.97. The summed E-state index contributed by atoms with van der Waals surface area (Å²) in [6.45, 7) is 0.969. The highest BCUT2D eigenvalue weighted by Crippen LogP contribution is 2.19. The average molecular weight is 105 g/mol. The largest absolute Gasteiger partial charge is 0.366 e. The predicted molar refractivity (Wildman–Crippen MR) is 30.4 cm³/mol. The summed E-state index contributed by atoms with van der Waals surface area (Å²) < 4.78 is 0. The number of aromatic nitrogens is 1. The Balaban J connectivity index is 2.62. The lowest BCUT2D eigenvalue weighted by Crippen LogP contribution is -2.14. The van der Waals surface area contributed by atoms with E-state index in [1.165, 1.54) is 5.56 Å². The predicted octanol–water partition coefficient (Wildman–Crippen LogP) is 0.807. The van der Waals surface area contributed by atoms with Crippen molar-refractivity contribution in [2.45, 2.75) is 6.54 Å². The Morgan fingerprint density at radius 2 is 2.75 bits per heavy atom. The molecule has 1 N–H and O–H groups in total. The van der Waals surface area contributed by atoms with Gasteiger partial charge < -0.3 is 5.32 Å². The van der Waals surface area contributed by atoms with E-state index >= 15 is 0 Å². The molecule has 1 aliphatic rings. The molecule has 0 amide bonds. The van der Waals surface area contributed by atoms with Crippen molar-refractivity contribution in [3.05, 3.63) is 23.9 Å². The van der Waals surface area contributed by atoms with Gasteiger partial charge in [0.15, 0.2) is 0 Å². The average Bonchev–Trinajstić information content (AvgIpc) is 1.72. The van der Waals surface area contributed by atoms with Crippen LogP contribution in [0.15, 0.2) is 12.1 Å². The molecule has 0 aliphatic carbocycles. The summed E-state index contributed by atoms with van der Waals surface area (Å²) in [7, 11) is 0. The smallest absolute Gasteiger partial charge is 0.132 e. The van der Waals surface area contributed by atoms with Crippen LogP contribution in [-0.2, 0) is 6.54 Å². The lowest BCUT2D eigenvalue weighted by atomic mass is 10.2. The first-order valence-electron chi connectivity index (χ1n) is 2.57. The summed E-state index contributed by atoms with van der Waals surface area (Å²) >= 11 is 0. The number of fused-ring (bicyclic) bond motifs is 1. The molecule has 1 aromatic heterocycles. The van der Waals surface area contributed by atoms with Gasteiger partial charge in [0, 0.05) is 12.1 Å². The number of rotatable bonds is 0. The van der Waals surface area contributed by atoms with Gasteiger partial charge in [-0.3, -0.25) is 0 Å². The maximum Gasteiger partial charge on any atom is 0.132 e. The van der Waals surface area contributed by atoms with Crippen LogP contribution < -0.4 is 5.32 Å².